The van der Waals surface area contributed by atoms with E-state index in [4.69, 9.17) is 15.9 Å². The molecule has 3 aromatic heterocycles. The molecule has 32 heavy (non-hydrogen) atoms. The minimum Gasteiger partial charge on any atom is -0.481 e. The van der Waals surface area contributed by atoms with E-state index in [0.29, 0.717) is 17.3 Å². The third-order valence-electron chi connectivity index (χ3n) is 4.65. The number of hydrogen-bond donors (Lipinski definition) is 4. The van der Waals surface area contributed by atoms with E-state index in [0.717, 1.165) is 21.6 Å². The van der Waals surface area contributed by atoms with Crippen molar-refractivity contribution in [3.05, 3.63) is 88.0 Å². The number of nitrogens with two attached hydrogens (primary N) is 1. The van der Waals surface area contributed by atoms with Crippen molar-refractivity contribution in [1.29, 1.82) is 5.41 Å². The fourth-order valence-electron chi connectivity index (χ4n) is 3.16. The van der Waals surface area contributed by atoms with Crippen molar-refractivity contribution in [3.8, 4) is 11.8 Å². The molecule has 11 heteroatoms. The number of hydrogen-bond acceptors (Lipinski definition) is 8. The molecule has 0 saturated heterocycles. The molecule has 3 heterocycles. The monoisotopic (exact) mass is 431 g/mol. The van der Waals surface area contributed by atoms with Crippen molar-refractivity contribution in [3.63, 3.8) is 0 Å². The number of benzene rings is 1. The highest BCUT2D eigenvalue weighted by Gasteiger charge is 2.22. The Morgan fingerprint density at radius 3 is 2.59 bits per heavy atom. The SMILES string of the molecule is COc1cc(C(Nc2ccc(C(=N)N)cc2)c2nn(-c3ncccn3)c(=O)[nH]2)cc(C)n1. The number of amidine groups is 1. The number of aromatic amines is 1. The first-order valence-electron chi connectivity index (χ1n) is 9.65. The van der Waals surface area contributed by atoms with Crippen molar-refractivity contribution < 1.29 is 4.74 Å². The van der Waals surface area contributed by atoms with Gasteiger partial charge in [0.2, 0.25) is 5.88 Å². The van der Waals surface area contributed by atoms with Crippen LogP contribution in [0.15, 0.2) is 59.7 Å². The molecule has 4 rings (SSSR count). The number of aromatic nitrogens is 6. The molecule has 0 saturated carbocycles. The van der Waals surface area contributed by atoms with Crippen molar-refractivity contribution in [2.24, 2.45) is 5.73 Å². The van der Waals surface area contributed by atoms with Crippen LogP contribution < -0.4 is 21.5 Å². The molecule has 11 nitrogen and oxygen atoms in total. The van der Waals surface area contributed by atoms with E-state index < -0.39 is 11.7 Å². The van der Waals surface area contributed by atoms with Gasteiger partial charge in [0.1, 0.15) is 11.9 Å². The molecule has 1 aromatic carbocycles. The van der Waals surface area contributed by atoms with Crippen LogP contribution in [0.2, 0.25) is 0 Å². The van der Waals surface area contributed by atoms with Gasteiger partial charge in [-0.3, -0.25) is 10.4 Å². The molecule has 1 atom stereocenters. The molecule has 0 bridgehead atoms. The van der Waals surface area contributed by atoms with E-state index in [1.165, 1.54) is 19.5 Å². The van der Waals surface area contributed by atoms with E-state index in [1.54, 1.807) is 36.4 Å². The zero-order valence-corrected chi connectivity index (χ0v) is 17.4. The summed E-state index contributed by atoms with van der Waals surface area (Å²) in [6.07, 6.45) is 3.07. The average molecular weight is 431 g/mol. The molecule has 4 aromatic rings. The van der Waals surface area contributed by atoms with Crippen LogP contribution in [0.25, 0.3) is 5.95 Å². The summed E-state index contributed by atoms with van der Waals surface area (Å²) in [5.74, 6) is 0.930. The van der Waals surface area contributed by atoms with Crippen LogP contribution >= 0.6 is 0 Å². The predicted molar refractivity (Wildman–Crippen MR) is 118 cm³/mol. The van der Waals surface area contributed by atoms with Crippen molar-refractivity contribution >= 4 is 11.5 Å². The van der Waals surface area contributed by atoms with Gasteiger partial charge in [0.25, 0.3) is 5.95 Å². The number of ether oxygens (including phenoxy) is 1. The summed E-state index contributed by atoms with van der Waals surface area (Å²) in [7, 11) is 1.54. The quantitative estimate of drug-likeness (QED) is 0.253. The highest BCUT2D eigenvalue weighted by molar-refractivity contribution is 5.95. The van der Waals surface area contributed by atoms with Crippen LogP contribution in [0.4, 0.5) is 5.69 Å². The van der Waals surface area contributed by atoms with Gasteiger partial charge in [-0.1, -0.05) is 0 Å². The Morgan fingerprint density at radius 2 is 1.94 bits per heavy atom. The first-order chi connectivity index (χ1) is 15.4. The fourth-order valence-corrected chi connectivity index (χ4v) is 3.16. The Balaban J connectivity index is 1.78. The van der Waals surface area contributed by atoms with E-state index in [2.05, 4.69) is 30.4 Å². The normalized spacial score (nSPS) is 11.7. The van der Waals surface area contributed by atoms with Crippen molar-refractivity contribution in [2.75, 3.05) is 12.4 Å². The molecule has 0 aliphatic heterocycles. The second-order valence-corrected chi connectivity index (χ2v) is 6.93. The van der Waals surface area contributed by atoms with Gasteiger partial charge in [-0.15, -0.1) is 9.78 Å². The third kappa shape index (κ3) is 4.31. The first-order valence-corrected chi connectivity index (χ1v) is 9.65. The second kappa shape index (κ2) is 8.68. The van der Waals surface area contributed by atoms with E-state index in [9.17, 15) is 4.79 Å². The Bertz CT molecular complexity index is 1300. The van der Waals surface area contributed by atoms with Gasteiger partial charge in [0, 0.05) is 35.4 Å². The largest absolute Gasteiger partial charge is 0.481 e. The summed E-state index contributed by atoms with van der Waals surface area (Å²) in [5.41, 5.74) is 7.94. The molecule has 5 N–H and O–H groups in total. The molecule has 162 valence electrons. The highest BCUT2D eigenvalue weighted by atomic mass is 16.5. The Hall–Kier alpha value is -4.54. The van der Waals surface area contributed by atoms with Gasteiger partial charge >= 0.3 is 5.69 Å². The lowest BCUT2D eigenvalue weighted by Gasteiger charge is -2.19. The molecular formula is C21H21N9O2. The van der Waals surface area contributed by atoms with Gasteiger partial charge in [-0.2, -0.15) is 0 Å². The standard InChI is InChI=1S/C21H21N9O2/c1-12-10-14(11-16(26-12)32-2)17(27-15-6-4-13(5-7-15)18(22)23)19-28-21(31)30(29-19)20-24-8-3-9-25-20/h3-11,17,27H,1-2H3,(H3,22,23)(H,28,29,31). The summed E-state index contributed by atoms with van der Waals surface area (Å²) in [5, 5.41) is 15.4. The summed E-state index contributed by atoms with van der Waals surface area (Å²) in [4.78, 5) is 27.9. The lowest BCUT2D eigenvalue weighted by Crippen LogP contribution is -2.18. The molecule has 0 radical (unpaired) electrons. The number of nitrogen functional groups attached to an aromatic ring is 1. The van der Waals surface area contributed by atoms with Crippen LogP contribution in [-0.2, 0) is 0 Å². The summed E-state index contributed by atoms with van der Waals surface area (Å²) < 4.78 is 6.42. The van der Waals surface area contributed by atoms with Crippen LogP contribution in [0.3, 0.4) is 0 Å². The van der Waals surface area contributed by atoms with Gasteiger partial charge in [0.15, 0.2) is 5.82 Å². The number of anilines is 1. The molecule has 0 fully saturated rings. The second-order valence-electron chi connectivity index (χ2n) is 6.93. The zero-order valence-electron chi connectivity index (χ0n) is 17.4. The predicted octanol–water partition coefficient (Wildman–Crippen LogP) is 1.55. The lowest BCUT2D eigenvalue weighted by molar-refractivity contribution is 0.396. The topological polar surface area (TPSA) is 160 Å². The number of H-pyrrole nitrogens is 1. The number of rotatable bonds is 7. The summed E-state index contributed by atoms with van der Waals surface area (Å²) in [6, 6.07) is 11.8. The summed E-state index contributed by atoms with van der Waals surface area (Å²) in [6.45, 7) is 1.85. The van der Waals surface area contributed by atoms with Crippen LogP contribution in [0.5, 0.6) is 5.88 Å². The average Bonchev–Trinajstić information content (AvgIpc) is 3.19. The molecule has 0 aliphatic carbocycles. The van der Waals surface area contributed by atoms with Crippen LogP contribution in [0, 0.1) is 12.3 Å². The maximum Gasteiger partial charge on any atom is 0.350 e. The molecular weight excluding hydrogens is 410 g/mol. The molecule has 0 spiro atoms. The first kappa shape index (κ1) is 20.7. The molecule has 0 aliphatic rings. The van der Waals surface area contributed by atoms with Crippen LogP contribution in [-0.4, -0.2) is 42.7 Å². The maximum atomic E-state index is 12.6. The van der Waals surface area contributed by atoms with Gasteiger partial charge in [0.05, 0.1) is 7.11 Å². The van der Waals surface area contributed by atoms with E-state index in [-0.39, 0.29) is 11.8 Å². The number of nitrogens with zero attached hydrogens (tertiary/aromatic N) is 5. The Morgan fingerprint density at radius 1 is 1.22 bits per heavy atom. The zero-order chi connectivity index (χ0) is 22.7. The maximum absolute atomic E-state index is 12.6. The van der Waals surface area contributed by atoms with Gasteiger partial charge in [-0.05, 0) is 48.9 Å². The van der Waals surface area contributed by atoms with E-state index in [1.807, 2.05) is 13.0 Å². The number of pyridine rings is 1. The number of methoxy groups -OCH3 is 1. The number of aryl methyl sites for hydroxylation is 1. The van der Waals surface area contributed by atoms with Crippen LogP contribution in [0.1, 0.15) is 28.7 Å². The van der Waals surface area contributed by atoms with Crippen molar-refractivity contribution in [2.45, 2.75) is 13.0 Å². The minimum absolute atomic E-state index is 0.0199. The number of nitrogens with one attached hydrogen (secondary N) is 3. The minimum atomic E-state index is -0.550. The van der Waals surface area contributed by atoms with E-state index >= 15 is 0 Å². The summed E-state index contributed by atoms with van der Waals surface area (Å²) >= 11 is 0. The fraction of sp³-hybridized carbons (Fsp3) is 0.143. The lowest BCUT2D eigenvalue weighted by atomic mass is 10.1. The highest BCUT2D eigenvalue weighted by Crippen LogP contribution is 2.27. The molecule has 1 unspecified atom stereocenters. The van der Waals surface area contributed by atoms with Gasteiger partial charge < -0.3 is 15.8 Å². The molecule has 0 amide bonds. The Kier molecular flexibility index (Phi) is 5.62. The van der Waals surface area contributed by atoms with Gasteiger partial charge in [-0.25, -0.2) is 19.7 Å². The third-order valence-corrected chi connectivity index (χ3v) is 4.65. The smallest absolute Gasteiger partial charge is 0.350 e. The Labute approximate surface area is 182 Å². The van der Waals surface area contributed by atoms with Crippen molar-refractivity contribution in [1.82, 2.24) is 29.7 Å².